The number of anilines is 2. The molecule has 1 aromatic carbocycles. The number of benzene rings is 1. The highest BCUT2D eigenvalue weighted by Crippen LogP contribution is 2.21. The number of aryl methyl sites for hydroxylation is 2. The highest BCUT2D eigenvalue weighted by molar-refractivity contribution is 5.47. The van der Waals surface area contributed by atoms with Crippen LogP contribution in [-0.2, 0) is 0 Å². The summed E-state index contributed by atoms with van der Waals surface area (Å²) in [5.41, 5.74) is 3.21. The van der Waals surface area contributed by atoms with Crippen molar-refractivity contribution in [1.82, 2.24) is 9.97 Å². The van der Waals surface area contributed by atoms with Crippen molar-refractivity contribution in [2.45, 2.75) is 32.7 Å². The number of nitrogens with zero attached hydrogens (tertiary/aromatic N) is 3. The minimum absolute atomic E-state index is 0.491. The van der Waals surface area contributed by atoms with Gasteiger partial charge in [0, 0.05) is 36.2 Å². The van der Waals surface area contributed by atoms with Crippen LogP contribution in [0.15, 0.2) is 30.3 Å². The Bertz CT molecular complexity index is 628. The monoisotopic (exact) mass is 312 g/mol. The molecule has 23 heavy (non-hydrogen) atoms. The zero-order chi connectivity index (χ0) is 16.2. The summed E-state index contributed by atoms with van der Waals surface area (Å²) in [5.74, 6) is 1.75. The molecule has 0 atom stereocenters. The van der Waals surface area contributed by atoms with E-state index >= 15 is 0 Å². The smallest absolute Gasteiger partial charge is 0.225 e. The molecule has 0 amide bonds. The fraction of sp³-hybridized carbons (Fsp3) is 0.444. The summed E-state index contributed by atoms with van der Waals surface area (Å²) in [6, 6.07) is 10.6. The van der Waals surface area contributed by atoms with Crippen molar-refractivity contribution in [3.8, 4) is 5.75 Å². The fourth-order valence-corrected chi connectivity index (χ4v) is 3.00. The number of rotatable bonds is 4. The first kappa shape index (κ1) is 15.6. The molecule has 1 aromatic heterocycles. The van der Waals surface area contributed by atoms with E-state index in [1.807, 2.05) is 32.0 Å². The standard InChI is InChI=1S/C18H24N4O/c1-13-12-14(2)20-18(19-13)22-10-8-16(9-11-22)21-15-4-6-17(23-3)7-5-15/h4-7,12,16,21H,8-11H2,1-3H3. The van der Waals surface area contributed by atoms with Crippen LogP contribution in [-0.4, -0.2) is 36.2 Å². The molecule has 5 nitrogen and oxygen atoms in total. The van der Waals surface area contributed by atoms with Gasteiger partial charge in [-0.3, -0.25) is 0 Å². The maximum Gasteiger partial charge on any atom is 0.225 e. The van der Waals surface area contributed by atoms with Crippen LogP contribution >= 0.6 is 0 Å². The van der Waals surface area contributed by atoms with Crippen LogP contribution in [0.4, 0.5) is 11.6 Å². The summed E-state index contributed by atoms with van der Waals surface area (Å²) >= 11 is 0. The van der Waals surface area contributed by atoms with Crippen molar-refractivity contribution in [2.24, 2.45) is 0 Å². The molecule has 1 saturated heterocycles. The lowest BCUT2D eigenvalue weighted by Gasteiger charge is -2.33. The third-order valence-electron chi connectivity index (χ3n) is 4.21. The molecule has 1 aliphatic rings. The summed E-state index contributed by atoms with van der Waals surface area (Å²) in [6.45, 7) is 6.01. The molecule has 0 bridgehead atoms. The molecule has 122 valence electrons. The van der Waals surface area contributed by atoms with Crippen molar-refractivity contribution in [1.29, 1.82) is 0 Å². The van der Waals surface area contributed by atoms with Gasteiger partial charge in [-0.05, 0) is 57.0 Å². The first-order valence-corrected chi connectivity index (χ1v) is 8.12. The number of methoxy groups -OCH3 is 1. The maximum absolute atomic E-state index is 5.19. The molecule has 0 unspecified atom stereocenters. The van der Waals surface area contributed by atoms with Crippen molar-refractivity contribution in [3.05, 3.63) is 41.7 Å². The molecule has 3 rings (SSSR count). The topological polar surface area (TPSA) is 50.3 Å². The van der Waals surface area contributed by atoms with Gasteiger partial charge in [0.25, 0.3) is 0 Å². The van der Waals surface area contributed by atoms with Crippen LogP contribution in [0.25, 0.3) is 0 Å². The summed E-state index contributed by atoms with van der Waals surface area (Å²) in [7, 11) is 1.69. The molecule has 2 aromatic rings. The van der Waals surface area contributed by atoms with Crippen LogP contribution in [0.3, 0.4) is 0 Å². The highest BCUT2D eigenvalue weighted by atomic mass is 16.5. The second kappa shape index (κ2) is 6.86. The van der Waals surface area contributed by atoms with Gasteiger partial charge < -0.3 is 15.0 Å². The number of aromatic nitrogens is 2. The molecule has 5 heteroatoms. The fourth-order valence-electron chi connectivity index (χ4n) is 3.00. The van der Waals surface area contributed by atoms with Gasteiger partial charge in [-0.2, -0.15) is 0 Å². The summed E-state index contributed by atoms with van der Waals surface area (Å²) in [6.07, 6.45) is 2.17. The predicted octanol–water partition coefficient (Wildman–Crippen LogP) is 3.18. The van der Waals surface area contributed by atoms with E-state index in [1.54, 1.807) is 7.11 Å². The van der Waals surface area contributed by atoms with Gasteiger partial charge in [-0.15, -0.1) is 0 Å². The van der Waals surface area contributed by atoms with Crippen LogP contribution in [0, 0.1) is 13.8 Å². The van der Waals surface area contributed by atoms with Gasteiger partial charge >= 0.3 is 0 Å². The Morgan fingerprint density at radius 3 is 2.22 bits per heavy atom. The Hall–Kier alpha value is -2.30. The van der Waals surface area contributed by atoms with E-state index in [0.717, 1.165) is 54.7 Å². The quantitative estimate of drug-likeness (QED) is 0.939. The molecule has 0 radical (unpaired) electrons. The minimum atomic E-state index is 0.491. The van der Waals surface area contributed by atoms with Crippen LogP contribution in [0.5, 0.6) is 5.75 Å². The van der Waals surface area contributed by atoms with Crippen LogP contribution in [0.1, 0.15) is 24.2 Å². The maximum atomic E-state index is 5.19. The first-order chi connectivity index (χ1) is 11.1. The number of ether oxygens (including phenoxy) is 1. The van der Waals surface area contributed by atoms with Gasteiger partial charge in [-0.25, -0.2) is 9.97 Å². The van der Waals surface area contributed by atoms with E-state index in [-0.39, 0.29) is 0 Å². The molecule has 1 N–H and O–H groups in total. The van der Waals surface area contributed by atoms with Gasteiger partial charge in [0.1, 0.15) is 5.75 Å². The van der Waals surface area contributed by atoms with E-state index in [2.05, 4.69) is 32.3 Å². The zero-order valence-electron chi connectivity index (χ0n) is 14.0. The molecular weight excluding hydrogens is 288 g/mol. The molecule has 2 heterocycles. The third kappa shape index (κ3) is 3.92. The lowest BCUT2D eigenvalue weighted by Crippen LogP contribution is -2.40. The van der Waals surface area contributed by atoms with Crippen LogP contribution in [0.2, 0.25) is 0 Å². The Morgan fingerprint density at radius 1 is 1.04 bits per heavy atom. The molecule has 0 aliphatic carbocycles. The largest absolute Gasteiger partial charge is 0.497 e. The van der Waals surface area contributed by atoms with E-state index < -0.39 is 0 Å². The highest BCUT2D eigenvalue weighted by Gasteiger charge is 2.21. The average Bonchev–Trinajstić information content (AvgIpc) is 2.55. The van der Waals surface area contributed by atoms with E-state index in [0.29, 0.717) is 6.04 Å². The van der Waals surface area contributed by atoms with Crippen molar-refractivity contribution < 1.29 is 4.74 Å². The average molecular weight is 312 g/mol. The number of nitrogens with one attached hydrogen (secondary N) is 1. The molecule has 1 aliphatic heterocycles. The number of hydrogen-bond acceptors (Lipinski definition) is 5. The second-order valence-electron chi connectivity index (χ2n) is 6.08. The number of hydrogen-bond donors (Lipinski definition) is 1. The Balaban J connectivity index is 1.57. The summed E-state index contributed by atoms with van der Waals surface area (Å²) < 4.78 is 5.19. The van der Waals surface area contributed by atoms with Gasteiger partial charge in [0.05, 0.1) is 7.11 Å². The summed E-state index contributed by atoms with van der Waals surface area (Å²) in [4.78, 5) is 11.4. The van der Waals surface area contributed by atoms with Gasteiger partial charge in [-0.1, -0.05) is 0 Å². The third-order valence-corrected chi connectivity index (χ3v) is 4.21. The Kier molecular flexibility index (Phi) is 4.65. The van der Waals surface area contributed by atoms with Crippen molar-refractivity contribution >= 4 is 11.6 Å². The zero-order valence-corrected chi connectivity index (χ0v) is 14.0. The normalized spacial score (nSPS) is 15.5. The molecule has 0 spiro atoms. The second-order valence-corrected chi connectivity index (χ2v) is 6.08. The van der Waals surface area contributed by atoms with E-state index in [9.17, 15) is 0 Å². The lowest BCUT2D eigenvalue weighted by atomic mass is 10.0. The lowest BCUT2D eigenvalue weighted by molar-refractivity contribution is 0.415. The van der Waals surface area contributed by atoms with Gasteiger partial charge in [0.15, 0.2) is 0 Å². The number of piperidine rings is 1. The minimum Gasteiger partial charge on any atom is -0.497 e. The summed E-state index contributed by atoms with van der Waals surface area (Å²) in [5, 5.41) is 3.60. The van der Waals surface area contributed by atoms with Crippen molar-refractivity contribution in [3.63, 3.8) is 0 Å². The molecular formula is C18H24N4O. The van der Waals surface area contributed by atoms with Crippen molar-refractivity contribution in [2.75, 3.05) is 30.4 Å². The molecule has 0 saturated carbocycles. The van der Waals surface area contributed by atoms with Gasteiger partial charge in [0.2, 0.25) is 5.95 Å². The van der Waals surface area contributed by atoms with E-state index in [1.165, 1.54) is 0 Å². The first-order valence-electron chi connectivity index (χ1n) is 8.12. The Labute approximate surface area is 137 Å². The van der Waals surface area contributed by atoms with Crippen LogP contribution < -0.4 is 15.0 Å². The SMILES string of the molecule is COc1ccc(NC2CCN(c3nc(C)cc(C)n3)CC2)cc1. The van der Waals surface area contributed by atoms with E-state index in [4.69, 9.17) is 4.74 Å². The molecule has 1 fully saturated rings. The predicted molar refractivity (Wildman–Crippen MR) is 93.4 cm³/mol. The Morgan fingerprint density at radius 2 is 1.65 bits per heavy atom.